The van der Waals surface area contributed by atoms with Crippen molar-refractivity contribution in [3.63, 3.8) is 0 Å². The Balaban J connectivity index is 1.09. The van der Waals surface area contributed by atoms with E-state index in [0.717, 1.165) is 39.9 Å². The van der Waals surface area contributed by atoms with Crippen molar-refractivity contribution in [3.05, 3.63) is 88.4 Å². The number of halogens is 1. The zero-order valence-corrected chi connectivity index (χ0v) is 23.2. The lowest BCUT2D eigenvalue weighted by atomic mass is 10.1. The predicted molar refractivity (Wildman–Crippen MR) is 153 cm³/mol. The molecule has 8 nitrogen and oxygen atoms in total. The Hall–Kier alpha value is -3.63. The van der Waals surface area contributed by atoms with E-state index < -0.39 is 0 Å². The number of nitrogens with zero attached hydrogens (tertiary/aromatic N) is 4. The van der Waals surface area contributed by atoms with Crippen LogP contribution >= 0.6 is 27.7 Å². The van der Waals surface area contributed by atoms with Gasteiger partial charge in [0.1, 0.15) is 0 Å². The molecule has 5 rings (SSSR count). The third kappa shape index (κ3) is 6.25. The van der Waals surface area contributed by atoms with Crippen LogP contribution in [0.5, 0.6) is 0 Å². The van der Waals surface area contributed by atoms with Crippen LogP contribution in [0.4, 0.5) is 11.4 Å². The number of hydrogen-bond acceptors (Lipinski definition) is 7. The summed E-state index contributed by atoms with van der Waals surface area (Å²) in [4.78, 5) is 29.5. The molecule has 0 aliphatic carbocycles. The van der Waals surface area contributed by atoms with Crippen molar-refractivity contribution in [3.8, 4) is 11.5 Å². The van der Waals surface area contributed by atoms with E-state index >= 15 is 0 Å². The number of carbonyl (C=O) groups is 2. The summed E-state index contributed by atoms with van der Waals surface area (Å²) in [5.74, 6) is 0.496. The normalized spacial score (nSPS) is 13.4. The lowest BCUT2D eigenvalue weighted by molar-refractivity contribution is -0.113. The van der Waals surface area contributed by atoms with Gasteiger partial charge in [0.15, 0.2) is 0 Å². The summed E-state index contributed by atoms with van der Waals surface area (Å²) in [6, 6.07) is 23.0. The fraction of sp³-hybridized carbons (Fsp3) is 0.214. The summed E-state index contributed by atoms with van der Waals surface area (Å²) in [5.41, 5.74) is 4.36. The second-order valence-electron chi connectivity index (χ2n) is 8.86. The molecule has 1 N–H and O–H groups in total. The molecule has 1 fully saturated rings. The zero-order valence-electron chi connectivity index (χ0n) is 20.8. The molecule has 0 unspecified atom stereocenters. The first-order valence-corrected chi connectivity index (χ1v) is 14.0. The second kappa shape index (κ2) is 11.8. The Morgan fingerprint density at radius 1 is 0.947 bits per heavy atom. The summed E-state index contributed by atoms with van der Waals surface area (Å²) in [6.45, 7) is 4.82. The minimum atomic E-state index is -0.158. The van der Waals surface area contributed by atoms with Gasteiger partial charge in [0.2, 0.25) is 11.8 Å². The van der Waals surface area contributed by atoms with Gasteiger partial charge in [0, 0.05) is 53.2 Å². The first kappa shape index (κ1) is 26.0. The molecule has 0 bridgehead atoms. The van der Waals surface area contributed by atoms with Crippen molar-refractivity contribution < 1.29 is 14.0 Å². The van der Waals surface area contributed by atoms with Gasteiger partial charge in [0.25, 0.3) is 11.1 Å². The van der Waals surface area contributed by atoms with E-state index in [1.807, 2.05) is 84.6 Å². The molecule has 194 valence electrons. The molecule has 10 heteroatoms. The van der Waals surface area contributed by atoms with Crippen molar-refractivity contribution in [1.82, 2.24) is 15.1 Å². The number of amides is 2. The van der Waals surface area contributed by atoms with Gasteiger partial charge in [-0.05, 0) is 67.1 Å². The Labute approximate surface area is 233 Å². The van der Waals surface area contributed by atoms with Crippen LogP contribution in [0.1, 0.15) is 15.9 Å². The minimum Gasteiger partial charge on any atom is -0.411 e. The fourth-order valence-corrected chi connectivity index (χ4v) is 5.04. The summed E-state index contributed by atoms with van der Waals surface area (Å²) in [5, 5.41) is 11.3. The first-order valence-electron chi connectivity index (χ1n) is 12.2. The van der Waals surface area contributed by atoms with Gasteiger partial charge in [-0.2, -0.15) is 0 Å². The first-order chi connectivity index (χ1) is 18.5. The Kier molecular flexibility index (Phi) is 8.09. The molecule has 3 aromatic carbocycles. The lowest BCUT2D eigenvalue weighted by Gasteiger charge is -2.36. The number of rotatable bonds is 7. The summed E-state index contributed by atoms with van der Waals surface area (Å²) < 4.78 is 6.63. The van der Waals surface area contributed by atoms with Gasteiger partial charge < -0.3 is 19.5 Å². The molecule has 1 saturated heterocycles. The quantitative estimate of drug-likeness (QED) is 0.284. The van der Waals surface area contributed by atoms with Crippen LogP contribution in [0.15, 0.2) is 86.9 Å². The van der Waals surface area contributed by atoms with E-state index in [2.05, 4.69) is 36.3 Å². The van der Waals surface area contributed by atoms with E-state index in [0.29, 0.717) is 29.9 Å². The fourth-order valence-electron chi connectivity index (χ4n) is 4.21. The van der Waals surface area contributed by atoms with Gasteiger partial charge >= 0.3 is 0 Å². The van der Waals surface area contributed by atoms with Gasteiger partial charge in [-0.3, -0.25) is 9.59 Å². The predicted octanol–water partition coefficient (Wildman–Crippen LogP) is 5.50. The average Bonchev–Trinajstić information content (AvgIpc) is 3.42. The van der Waals surface area contributed by atoms with Crippen LogP contribution in [-0.2, 0) is 4.79 Å². The molecule has 1 aliphatic rings. The highest BCUT2D eigenvalue weighted by molar-refractivity contribution is 9.10. The maximum Gasteiger partial charge on any atom is 0.277 e. The van der Waals surface area contributed by atoms with Crippen molar-refractivity contribution in [2.24, 2.45) is 0 Å². The zero-order chi connectivity index (χ0) is 26.5. The SMILES string of the molecule is Cc1ccccc1C(=O)N1CCN(c2ccc(NC(=O)CSc3nnc(-c4ccc(Br)cc4)o3)cc2)CC1. The number of piperazine rings is 1. The Morgan fingerprint density at radius 2 is 1.66 bits per heavy atom. The molecule has 0 radical (unpaired) electrons. The molecule has 38 heavy (non-hydrogen) atoms. The molecule has 1 aliphatic heterocycles. The largest absolute Gasteiger partial charge is 0.411 e. The van der Waals surface area contributed by atoms with Crippen LogP contribution in [0, 0.1) is 6.92 Å². The van der Waals surface area contributed by atoms with Crippen molar-refractivity contribution in [1.29, 1.82) is 0 Å². The van der Waals surface area contributed by atoms with Crippen molar-refractivity contribution in [2.45, 2.75) is 12.1 Å². The summed E-state index contributed by atoms with van der Waals surface area (Å²) in [6.07, 6.45) is 0. The number of anilines is 2. The van der Waals surface area contributed by atoms with E-state index in [9.17, 15) is 9.59 Å². The third-order valence-corrected chi connectivity index (χ3v) is 7.63. The number of hydrogen-bond donors (Lipinski definition) is 1. The number of thioether (sulfide) groups is 1. The third-order valence-electron chi connectivity index (χ3n) is 6.28. The van der Waals surface area contributed by atoms with Gasteiger partial charge in [-0.25, -0.2) is 0 Å². The molecule has 0 saturated carbocycles. The van der Waals surface area contributed by atoms with E-state index in [4.69, 9.17) is 4.42 Å². The van der Waals surface area contributed by atoms with Crippen molar-refractivity contribution >= 4 is 50.9 Å². The number of aryl methyl sites for hydroxylation is 1. The highest BCUT2D eigenvalue weighted by Gasteiger charge is 2.23. The van der Waals surface area contributed by atoms with E-state index in [-0.39, 0.29) is 17.6 Å². The number of aromatic nitrogens is 2. The van der Waals surface area contributed by atoms with Crippen molar-refractivity contribution in [2.75, 3.05) is 42.1 Å². The standard InChI is InChI=1S/C28H26BrN5O3S/c1-19-4-2-3-5-24(19)27(36)34-16-14-33(15-17-34)23-12-10-22(11-13-23)30-25(35)18-38-28-32-31-26(37-28)20-6-8-21(29)9-7-20/h2-13H,14-18H2,1H3,(H,30,35). The monoisotopic (exact) mass is 591 g/mol. The van der Waals surface area contributed by atoms with Crippen LogP contribution in [0.3, 0.4) is 0 Å². The molecule has 0 spiro atoms. The Bertz CT molecular complexity index is 1420. The molecule has 2 heterocycles. The maximum absolute atomic E-state index is 12.9. The van der Waals surface area contributed by atoms with Crippen LogP contribution in [0.25, 0.3) is 11.5 Å². The van der Waals surface area contributed by atoms with E-state index in [1.165, 1.54) is 11.8 Å². The van der Waals surface area contributed by atoms with Crippen LogP contribution in [0.2, 0.25) is 0 Å². The lowest BCUT2D eigenvalue weighted by Crippen LogP contribution is -2.48. The average molecular weight is 593 g/mol. The van der Waals surface area contributed by atoms with Crippen LogP contribution in [-0.4, -0.2) is 58.8 Å². The second-order valence-corrected chi connectivity index (χ2v) is 10.7. The topological polar surface area (TPSA) is 91.6 Å². The van der Waals surface area contributed by atoms with Gasteiger partial charge in [-0.1, -0.05) is 45.9 Å². The Morgan fingerprint density at radius 3 is 2.37 bits per heavy atom. The molecule has 4 aromatic rings. The molecule has 0 atom stereocenters. The van der Waals surface area contributed by atoms with Gasteiger partial charge in [0.05, 0.1) is 5.75 Å². The highest BCUT2D eigenvalue weighted by atomic mass is 79.9. The summed E-state index contributed by atoms with van der Waals surface area (Å²) in [7, 11) is 0. The van der Waals surface area contributed by atoms with Crippen LogP contribution < -0.4 is 10.2 Å². The molecule has 1 aromatic heterocycles. The molecule has 2 amide bonds. The number of carbonyl (C=O) groups excluding carboxylic acids is 2. The van der Waals surface area contributed by atoms with Gasteiger partial charge in [-0.15, -0.1) is 10.2 Å². The summed E-state index contributed by atoms with van der Waals surface area (Å²) >= 11 is 4.59. The maximum atomic E-state index is 12.9. The number of nitrogens with one attached hydrogen (secondary N) is 1. The minimum absolute atomic E-state index is 0.0868. The smallest absolute Gasteiger partial charge is 0.277 e. The molecular weight excluding hydrogens is 566 g/mol. The number of benzene rings is 3. The highest BCUT2D eigenvalue weighted by Crippen LogP contribution is 2.25. The molecular formula is C28H26BrN5O3S. The van der Waals surface area contributed by atoms with E-state index in [1.54, 1.807) is 0 Å².